The zero-order chi connectivity index (χ0) is 22.0. The minimum atomic E-state index is -1.57. The molecule has 0 bridgehead atoms. The number of amidine groups is 1. The number of esters is 1. The van der Waals surface area contributed by atoms with Crippen molar-refractivity contribution in [3.8, 4) is 5.75 Å². The molecule has 1 atom stereocenters. The van der Waals surface area contributed by atoms with E-state index < -0.39 is 17.5 Å². The molecular weight excluding hydrogens is 514 g/mol. The van der Waals surface area contributed by atoms with E-state index in [4.69, 9.17) is 14.3 Å². The van der Waals surface area contributed by atoms with Crippen LogP contribution >= 0.6 is 22.6 Å². The summed E-state index contributed by atoms with van der Waals surface area (Å²) in [5, 5.41) is 4.30. The molecule has 0 amide bonds. The van der Waals surface area contributed by atoms with E-state index in [9.17, 15) is 9.18 Å². The Morgan fingerprint density at radius 1 is 1.32 bits per heavy atom. The molecule has 8 heteroatoms. The Balaban J connectivity index is 1.74. The number of rotatable bonds is 5. The molecule has 2 aromatic rings. The maximum Gasteiger partial charge on any atom is 0.380 e. The fourth-order valence-electron chi connectivity index (χ4n) is 3.87. The fraction of sp³-hybridized carbons (Fsp3) is 0.304. The van der Waals surface area contributed by atoms with Gasteiger partial charge in [0.25, 0.3) is 0 Å². The number of halogens is 2. The maximum absolute atomic E-state index is 13.6. The minimum Gasteiger partial charge on any atom is -0.496 e. The quantitative estimate of drug-likeness (QED) is 0.411. The van der Waals surface area contributed by atoms with E-state index in [0.29, 0.717) is 17.9 Å². The molecule has 4 rings (SSSR count). The first-order chi connectivity index (χ1) is 15.0. The second-order valence-electron chi connectivity index (χ2n) is 7.20. The third-order valence-electron chi connectivity index (χ3n) is 5.32. The SMILES string of the molecule is CCOC(=O)[C@]1(c2ccc(F)cc2)ON=C2/C(=C/c3ccc(I)c(OC)c3)CCCN21. The van der Waals surface area contributed by atoms with Crippen LogP contribution < -0.4 is 4.74 Å². The minimum absolute atomic E-state index is 0.194. The van der Waals surface area contributed by atoms with Crippen molar-refractivity contribution in [2.24, 2.45) is 5.16 Å². The summed E-state index contributed by atoms with van der Waals surface area (Å²) in [6.07, 6.45) is 3.62. The van der Waals surface area contributed by atoms with Crippen LogP contribution in [-0.4, -0.2) is 37.0 Å². The number of piperidine rings is 1. The van der Waals surface area contributed by atoms with Crippen molar-refractivity contribution in [3.63, 3.8) is 0 Å². The van der Waals surface area contributed by atoms with Gasteiger partial charge in [-0.3, -0.25) is 0 Å². The van der Waals surface area contributed by atoms with Gasteiger partial charge in [0.1, 0.15) is 11.6 Å². The summed E-state index contributed by atoms with van der Waals surface area (Å²) < 4.78 is 25.4. The van der Waals surface area contributed by atoms with Crippen LogP contribution in [0, 0.1) is 9.39 Å². The van der Waals surface area contributed by atoms with Crippen molar-refractivity contribution in [2.45, 2.75) is 25.5 Å². The van der Waals surface area contributed by atoms with Crippen molar-refractivity contribution < 1.29 is 23.5 Å². The highest BCUT2D eigenvalue weighted by atomic mass is 127. The summed E-state index contributed by atoms with van der Waals surface area (Å²) in [6, 6.07) is 11.6. The number of ether oxygens (including phenoxy) is 2. The van der Waals surface area contributed by atoms with Gasteiger partial charge >= 0.3 is 11.7 Å². The van der Waals surface area contributed by atoms with Gasteiger partial charge in [0.15, 0.2) is 5.84 Å². The number of hydrogen-bond acceptors (Lipinski definition) is 6. The van der Waals surface area contributed by atoms with Crippen LogP contribution in [0.25, 0.3) is 6.08 Å². The van der Waals surface area contributed by atoms with E-state index in [1.807, 2.05) is 29.2 Å². The number of fused-ring (bicyclic) bond motifs is 1. The predicted molar refractivity (Wildman–Crippen MR) is 123 cm³/mol. The van der Waals surface area contributed by atoms with Crippen molar-refractivity contribution >= 4 is 40.5 Å². The van der Waals surface area contributed by atoms with E-state index in [2.05, 4.69) is 27.7 Å². The molecule has 1 fully saturated rings. The lowest BCUT2D eigenvalue weighted by Crippen LogP contribution is -2.54. The van der Waals surface area contributed by atoms with E-state index in [-0.39, 0.29) is 6.61 Å². The third kappa shape index (κ3) is 3.88. The summed E-state index contributed by atoms with van der Waals surface area (Å²) in [7, 11) is 1.64. The van der Waals surface area contributed by atoms with Gasteiger partial charge in [-0.1, -0.05) is 11.2 Å². The van der Waals surface area contributed by atoms with E-state index in [1.54, 1.807) is 14.0 Å². The van der Waals surface area contributed by atoms with Crippen molar-refractivity contribution in [2.75, 3.05) is 20.3 Å². The molecule has 0 unspecified atom stereocenters. The summed E-state index contributed by atoms with van der Waals surface area (Å²) in [5.74, 6) is 0.409. The number of nitrogens with zero attached hydrogens (tertiary/aromatic N) is 2. The molecule has 162 valence electrons. The normalized spacial score (nSPS) is 21.4. The molecular formula is C23H22FIN2O4. The standard InChI is InChI=1S/C23H22FIN2O4/c1-3-30-22(28)23(17-7-9-18(24)10-8-17)27-12-4-5-16(21(27)26-31-23)13-15-6-11-19(25)20(14-15)29-2/h6-11,13-14H,3-5,12H2,1-2H3/b16-13+/t23-/m0/s1. The molecule has 2 heterocycles. The first-order valence-electron chi connectivity index (χ1n) is 10.0. The van der Waals surface area contributed by atoms with Crippen molar-refractivity contribution in [1.82, 2.24) is 4.90 Å². The predicted octanol–water partition coefficient (Wildman–Crippen LogP) is 4.68. The van der Waals surface area contributed by atoms with Gasteiger partial charge in [-0.15, -0.1) is 0 Å². The first kappa shape index (κ1) is 21.6. The number of carbonyl (C=O) groups is 1. The Labute approximate surface area is 193 Å². The average molecular weight is 536 g/mol. The Hall–Kier alpha value is -2.62. The van der Waals surface area contributed by atoms with Gasteiger partial charge in [0.2, 0.25) is 0 Å². The van der Waals surface area contributed by atoms with Crippen LogP contribution in [0.2, 0.25) is 0 Å². The molecule has 0 aliphatic carbocycles. The van der Waals surface area contributed by atoms with Crippen LogP contribution in [-0.2, 0) is 20.1 Å². The second-order valence-corrected chi connectivity index (χ2v) is 8.36. The molecule has 6 nitrogen and oxygen atoms in total. The number of oxime groups is 1. The van der Waals surface area contributed by atoms with Gasteiger partial charge in [-0.2, -0.15) is 0 Å². The summed E-state index contributed by atoms with van der Waals surface area (Å²) >= 11 is 2.23. The molecule has 2 aliphatic heterocycles. The average Bonchev–Trinajstić information content (AvgIpc) is 3.17. The van der Waals surface area contributed by atoms with E-state index in [1.165, 1.54) is 24.3 Å². The largest absolute Gasteiger partial charge is 0.496 e. The van der Waals surface area contributed by atoms with Gasteiger partial charge in [-0.05, 0) is 96.0 Å². The topological polar surface area (TPSA) is 60.4 Å². The molecule has 2 aromatic carbocycles. The van der Waals surface area contributed by atoms with Gasteiger partial charge < -0.3 is 19.2 Å². The molecule has 0 N–H and O–H groups in total. The zero-order valence-corrected chi connectivity index (χ0v) is 19.4. The van der Waals surface area contributed by atoms with Gasteiger partial charge in [-0.25, -0.2) is 9.18 Å². The second kappa shape index (κ2) is 8.86. The highest BCUT2D eigenvalue weighted by Crippen LogP contribution is 2.41. The van der Waals surface area contributed by atoms with E-state index >= 15 is 0 Å². The van der Waals surface area contributed by atoms with Gasteiger partial charge in [0, 0.05) is 12.1 Å². The highest BCUT2D eigenvalue weighted by Gasteiger charge is 2.56. The smallest absolute Gasteiger partial charge is 0.380 e. The lowest BCUT2D eigenvalue weighted by Gasteiger charge is -2.37. The zero-order valence-electron chi connectivity index (χ0n) is 17.2. The van der Waals surface area contributed by atoms with Gasteiger partial charge in [0.05, 0.1) is 17.3 Å². The maximum atomic E-state index is 13.6. The Kier molecular flexibility index (Phi) is 6.17. The molecule has 0 aromatic heterocycles. The van der Waals surface area contributed by atoms with Crippen LogP contribution in [0.3, 0.4) is 0 Å². The summed E-state index contributed by atoms with van der Waals surface area (Å²) in [5.41, 5.74) is 0.820. The number of benzene rings is 2. The van der Waals surface area contributed by atoms with Crippen LogP contribution in [0.1, 0.15) is 30.9 Å². The van der Waals surface area contributed by atoms with Crippen LogP contribution in [0.5, 0.6) is 5.75 Å². The summed E-state index contributed by atoms with van der Waals surface area (Å²) in [6.45, 7) is 2.49. The fourth-order valence-corrected chi connectivity index (χ4v) is 4.43. The molecule has 2 aliphatic rings. The number of carbonyl (C=O) groups excluding carboxylic acids is 1. The Morgan fingerprint density at radius 3 is 2.81 bits per heavy atom. The Bertz CT molecular complexity index is 1050. The Morgan fingerprint density at radius 2 is 2.10 bits per heavy atom. The lowest BCUT2D eigenvalue weighted by molar-refractivity contribution is -0.189. The van der Waals surface area contributed by atoms with Crippen molar-refractivity contribution in [3.05, 3.63) is 68.6 Å². The molecule has 1 saturated heterocycles. The summed E-state index contributed by atoms with van der Waals surface area (Å²) in [4.78, 5) is 20.7. The number of hydrogen-bond donors (Lipinski definition) is 0. The monoisotopic (exact) mass is 536 g/mol. The molecule has 0 spiro atoms. The molecule has 0 radical (unpaired) electrons. The van der Waals surface area contributed by atoms with Crippen molar-refractivity contribution in [1.29, 1.82) is 0 Å². The van der Waals surface area contributed by atoms with Crippen LogP contribution in [0.15, 0.2) is 53.2 Å². The lowest BCUT2D eigenvalue weighted by atomic mass is 9.94. The number of methoxy groups -OCH3 is 1. The first-order valence-corrected chi connectivity index (χ1v) is 11.1. The highest BCUT2D eigenvalue weighted by molar-refractivity contribution is 14.1. The molecule has 0 saturated carbocycles. The van der Waals surface area contributed by atoms with Crippen LogP contribution in [0.4, 0.5) is 4.39 Å². The third-order valence-corrected chi connectivity index (χ3v) is 6.21. The molecule has 31 heavy (non-hydrogen) atoms. The van der Waals surface area contributed by atoms with E-state index in [0.717, 1.165) is 33.3 Å².